The maximum atomic E-state index is 13.0. The van der Waals surface area contributed by atoms with Crippen LogP contribution >= 0.6 is 0 Å². The minimum atomic E-state index is -4.78. The van der Waals surface area contributed by atoms with Crippen molar-refractivity contribution in [2.75, 3.05) is 12.4 Å². The summed E-state index contributed by atoms with van der Waals surface area (Å²) >= 11 is 0. The number of nitrogens with one attached hydrogen (secondary N) is 1. The standard InChI is InChI=1S/C27H31F3N4O4/c1-16(24(36)37)33(4)23(35)17-7-12-22-21(14-17)32-25(34(22)19-6-5-13-26(2,3)15-19)31-18-8-10-20(11-9-18)38-27(28,29)30/h7-12,14,16,19H,5-6,13,15H2,1-4H3,(H,31,32)(H,36,37)/t16-,19-/m0/s1. The molecule has 2 atom stereocenters. The Morgan fingerprint density at radius 1 is 1.21 bits per heavy atom. The number of halogens is 3. The van der Waals surface area contributed by atoms with Gasteiger partial charge in [-0.25, -0.2) is 9.78 Å². The molecule has 8 nitrogen and oxygen atoms in total. The highest BCUT2D eigenvalue weighted by molar-refractivity contribution is 5.99. The first-order valence-electron chi connectivity index (χ1n) is 12.4. The zero-order valence-electron chi connectivity index (χ0n) is 21.7. The number of fused-ring (bicyclic) bond motifs is 1. The number of hydrogen-bond acceptors (Lipinski definition) is 5. The smallest absolute Gasteiger partial charge is 0.480 e. The monoisotopic (exact) mass is 532 g/mol. The van der Waals surface area contributed by atoms with Gasteiger partial charge in [0.15, 0.2) is 0 Å². The van der Waals surface area contributed by atoms with Gasteiger partial charge in [0.05, 0.1) is 11.0 Å². The first-order chi connectivity index (χ1) is 17.7. The predicted molar refractivity (Wildman–Crippen MR) is 137 cm³/mol. The molecule has 0 radical (unpaired) electrons. The summed E-state index contributed by atoms with van der Waals surface area (Å²) in [4.78, 5) is 30.2. The van der Waals surface area contributed by atoms with Crippen LogP contribution in [0.2, 0.25) is 0 Å². The number of alkyl halides is 3. The number of hydrogen-bond donors (Lipinski definition) is 2. The fraction of sp³-hybridized carbons (Fsp3) is 0.444. The van der Waals surface area contributed by atoms with Gasteiger partial charge >= 0.3 is 12.3 Å². The Kier molecular flexibility index (Phi) is 7.31. The Hall–Kier alpha value is -3.76. The Labute approximate surface area is 218 Å². The molecule has 1 saturated carbocycles. The molecule has 4 rings (SSSR count). The summed E-state index contributed by atoms with van der Waals surface area (Å²) in [6.07, 6.45) is -0.796. The number of anilines is 2. The summed E-state index contributed by atoms with van der Waals surface area (Å²) in [6, 6.07) is 9.64. The first kappa shape index (κ1) is 27.3. The topological polar surface area (TPSA) is 96.7 Å². The third kappa shape index (κ3) is 6.03. The van der Waals surface area contributed by atoms with Gasteiger partial charge in [0.2, 0.25) is 5.95 Å². The Morgan fingerprint density at radius 2 is 1.89 bits per heavy atom. The number of ether oxygens (including phenoxy) is 1. The summed E-state index contributed by atoms with van der Waals surface area (Å²) in [6.45, 7) is 5.88. The third-order valence-electron chi connectivity index (χ3n) is 7.08. The lowest BCUT2D eigenvalue weighted by Crippen LogP contribution is -2.40. The van der Waals surface area contributed by atoms with Gasteiger partial charge in [0.25, 0.3) is 5.91 Å². The van der Waals surface area contributed by atoms with Crippen molar-refractivity contribution in [1.29, 1.82) is 0 Å². The summed E-state index contributed by atoms with van der Waals surface area (Å²) in [5, 5.41) is 12.5. The van der Waals surface area contributed by atoms with Gasteiger partial charge in [-0.15, -0.1) is 13.2 Å². The van der Waals surface area contributed by atoms with E-state index in [4.69, 9.17) is 4.98 Å². The van der Waals surface area contributed by atoms with E-state index < -0.39 is 24.3 Å². The molecule has 0 saturated heterocycles. The molecule has 1 aromatic heterocycles. The van der Waals surface area contributed by atoms with Crippen LogP contribution in [0, 0.1) is 5.41 Å². The summed E-state index contributed by atoms with van der Waals surface area (Å²) in [7, 11) is 1.44. The number of nitrogens with zero attached hydrogens (tertiary/aromatic N) is 3. The Morgan fingerprint density at radius 3 is 2.50 bits per heavy atom. The number of aromatic nitrogens is 2. The average molecular weight is 533 g/mol. The molecule has 1 amide bonds. The normalized spacial score (nSPS) is 18.1. The second-order valence-corrected chi connectivity index (χ2v) is 10.6. The number of imidazole rings is 1. The van der Waals surface area contributed by atoms with Gasteiger partial charge < -0.3 is 24.6 Å². The SMILES string of the molecule is C[C@@H](C(=O)O)N(C)C(=O)c1ccc2c(c1)nc(Nc1ccc(OC(F)(F)F)cc1)n2[C@H]1CCCC(C)(C)C1. The lowest BCUT2D eigenvalue weighted by Gasteiger charge is -2.36. The van der Waals surface area contributed by atoms with Gasteiger partial charge in [0, 0.05) is 24.3 Å². The van der Waals surface area contributed by atoms with Crippen LogP contribution in [0.1, 0.15) is 62.9 Å². The number of carbonyl (C=O) groups excluding carboxylic acids is 1. The van der Waals surface area contributed by atoms with Crippen LogP contribution in [0.4, 0.5) is 24.8 Å². The van der Waals surface area contributed by atoms with Crippen LogP contribution in [-0.2, 0) is 4.79 Å². The lowest BCUT2D eigenvalue weighted by molar-refractivity contribution is -0.274. The van der Waals surface area contributed by atoms with Crippen LogP contribution in [-0.4, -0.2) is 50.9 Å². The van der Waals surface area contributed by atoms with Gasteiger partial charge in [-0.1, -0.05) is 20.3 Å². The van der Waals surface area contributed by atoms with Crippen molar-refractivity contribution in [2.24, 2.45) is 5.41 Å². The number of likely N-dealkylation sites (N-methyl/N-ethyl adjacent to an activating group) is 1. The minimum absolute atomic E-state index is 0.121. The summed E-state index contributed by atoms with van der Waals surface area (Å²) in [5.41, 5.74) is 2.31. The van der Waals surface area contributed by atoms with Crippen LogP contribution in [0.15, 0.2) is 42.5 Å². The summed E-state index contributed by atoms with van der Waals surface area (Å²) < 4.78 is 43.7. The van der Waals surface area contributed by atoms with Crippen LogP contribution in [0.25, 0.3) is 11.0 Å². The van der Waals surface area contributed by atoms with Crippen molar-refractivity contribution >= 4 is 34.5 Å². The molecule has 0 aliphatic heterocycles. The van der Waals surface area contributed by atoms with Crippen LogP contribution < -0.4 is 10.1 Å². The van der Waals surface area contributed by atoms with Crippen molar-refractivity contribution in [2.45, 2.75) is 64.9 Å². The molecule has 2 N–H and O–H groups in total. The van der Waals surface area contributed by atoms with E-state index in [1.807, 2.05) is 6.07 Å². The Bertz CT molecular complexity index is 1330. The van der Waals surface area contributed by atoms with E-state index in [1.165, 1.54) is 38.2 Å². The molecule has 3 aromatic rings. The summed E-state index contributed by atoms with van der Waals surface area (Å²) in [5.74, 6) is -1.37. The molecule has 11 heteroatoms. The zero-order valence-corrected chi connectivity index (χ0v) is 21.7. The highest BCUT2D eigenvalue weighted by Crippen LogP contribution is 2.43. The maximum absolute atomic E-state index is 13.0. The van der Waals surface area contributed by atoms with Crippen molar-refractivity contribution in [3.05, 3.63) is 48.0 Å². The van der Waals surface area contributed by atoms with E-state index in [0.717, 1.165) is 36.1 Å². The van der Waals surface area contributed by atoms with Gasteiger partial charge in [-0.2, -0.15) is 0 Å². The average Bonchev–Trinajstić information content (AvgIpc) is 3.19. The van der Waals surface area contributed by atoms with Crippen molar-refractivity contribution < 1.29 is 32.6 Å². The van der Waals surface area contributed by atoms with Gasteiger partial charge in [-0.3, -0.25) is 4.79 Å². The largest absolute Gasteiger partial charge is 0.573 e. The Balaban J connectivity index is 1.71. The van der Waals surface area contributed by atoms with E-state index in [1.54, 1.807) is 12.1 Å². The van der Waals surface area contributed by atoms with Crippen LogP contribution in [0.5, 0.6) is 5.75 Å². The molecule has 0 bridgehead atoms. The second-order valence-electron chi connectivity index (χ2n) is 10.6. The number of carbonyl (C=O) groups is 2. The molecule has 204 valence electrons. The third-order valence-corrected chi connectivity index (χ3v) is 7.08. The maximum Gasteiger partial charge on any atom is 0.573 e. The minimum Gasteiger partial charge on any atom is -0.480 e. The highest BCUT2D eigenvalue weighted by atomic mass is 19.4. The first-order valence-corrected chi connectivity index (χ1v) is 12.4. The lowest BCUT2D eigenvalue weighted by atomic mass is 9.75. The van der Waals surface area contributed by atoms with Gasteiger partial charge in [-0.05, 0) is 74.1 Å². The molecule has 1 aliphatic carbocycles. The van der Waals surface area contributed by atoms with Gasteiger partial charge in [0.1, 0.15) is 11.8 Å². The number of carboxylic acids is 1. The number of benzene rings is 2. The second kappa shape index (κ2) is 10.2. The highest BCUT2D eigenvalue weighted by Gasteiger charge is 2.32. The fourth-order valence-electron chi connectivity index (χ4n) is 4.98. The molecular formula is C27H31F3N4O4. The number of rotatable bonds is 7. The van der Waals surface area contributed by atoms with Crippen molar-refractivity contribution in [1.82, 2.24) is 14.5 Å². The molecule has 0 unspecified atom stereocenters. The molecular weight excluding hydrogens is 501 g/mol. The quantitative estimate of drug-likeness (QED) is 0.367. The molecule has 1 aliphatic rings. The molecule has 0 spiro atoms. The fourth-order valence-corrected chi connectivity index (χ4v) is 4.98. The van der Waals surface area contributed by atoms with E-state index in [9.17, 15) is 27.9 Å². The number of amides is 1. The number of carboxylic acid groups (broad SMARTS) is 1. The number of aliphatic carboxylic acids is 1. The molecule has 1 heterocycles. The molecule has 38 heavy (non-hydrogen) atoms. The van der Waals surface area contributed by atoms with E-state index >= 15 is 0 Å². The predicted octanol–water partition coefficient (Wildman–Crippen LogP) is 6.36. The van der Waals surface area contributed by atoms with Crippen molar-refractivity contribution in [3.8, 4) is 5.75 Å². The zero-order chi connectivity index (χ0) is 27.8. The van der Waals surface area contributed by atoms with E-state index in [-0.39, 0.29) is 17.2 Å². The van der Waals surface area contributed by atoms with E-state index in [0.29, 0.717) is 22.7 Å². The molecule has 1 fully saturated rings. The molecule has 2 aromatic carbocycles. The van der Waals surface area contributed by atoms with E-state index in [2.05, 4.69) is 28.5 Å². The van der Waals surface area contributed by atoms with Crippen LogP contribution in [0.3, 0.4) is 0 Å². The van der Waals surface area contributed by atoms with Crippen molar-refractivity contribution in [3.63, 3.8) is 0 Å².